The van der Waals surface area contributed by atoms with Crippen LogP contribution >= 0.6 is 0 Å². The van der Waals surface area contributed by atoms with Crippen LogP contribution in [0, 0.1) is 50.2 Å². The number of carboxylic acid groups (broad SMARTS) is 1. The molecule has 0 radical (unpaired) electrons. The number of carboxylic acids is 1. The number of allylic oxidation sites excluding steroid dienone is 1. The maximum absolute atomic E-state index is 14.3. The Hall–Kier alpha value is -1.71. The molecule has 4 aliphatic heterocycles. The summed E-state index contributed by atoms with van der Waals surface area (Å²) >= 11 is 0. The molecule has 0 bridgehead atoms. The second-order valence-electron chi connectivity index (χ2n) is 26.0. The smallest absolute Gasteiger partial charge is 0.313 e. The van der Waals surface area contributed by atoms with Crippen LogP contribution in [0.1, 0.15) is 93.9 Å². The van der Waals surface area contributed by atoms with E-state index in [1.807, 2.05) is 13.0 Å². The Balaban J connectivity index is 0.991. The summed E-state index contributed by atoms with van der Waals surface area (Å²) < 4.78 is 47.6. The summed E-state index contributed by atoms with van der Waals surface area (Å²) in [5.74, 6) is -3.07. The van der Waals surface area contributed by atoms with E-state index >= 15 is 0 Å². The maximum atomic E-state index is 14.3. The van der Waals surface area contributed by atoms with Gasteiger partial charge in [-0.15, -0.1) is 0 Å². The lowest BCUT2D eigenvalue weighted by molar-refractivity contribution is -0.368. The van der Waals surface area contributed by atoms with Crippen LogP contribution in [0.15, 0.2) is 11.6 Å². The number of aliphatic hydroxyl groups is 15. The van der Waals surface area contributed by atoms with Crippen LogP contribution in [0.25, 0.3) is 0 Å². The Morgan fingerprint density at radius 1 is 0.564 bits per heavy atom. The summed E-state index contributed by atoms with van der Waals surface area (Å²) in [6, 6.07) is 0. The molecule has 0 aromatic heterocycles. The summed E-state index contributed by atoms with van der Waals surface area (Å²) in [5.41, 5.74) is -6.44. The van der Waals surface area contributed by atoms with Crippen molar-refractivity contribution in [2.75, 3.05) is 19.8 Å². The van der Waals surface area contributed by atoms with E-state index in [4.69, 9.17) is 37.9 Å². The highest BCUT2D eigenvalue weighted by Crippen LogP contribution is 2.76. The molecule has 25 heteroatoms. The molecule has 4 saturated carbocycles. The minimum Gasteiger partial charge on any atom is -0.481 e. The summed E-state index contributed by atoms with van der Waals surface area (Å²) in [4.78, 5) is 14.3. The molecule has 8 fully saturated rings. The molecule has 16 N–H and O–H groups in total. The van der Waals surface area contributed by atoms with E-state index in [0.717, 1.165) is 0 Å². The zero-order valence-corrected chi connectivity index (χ0v) is 45.4. The van der Waals surface area contributed by atoms with Crippen LogP contribution in [0.4, 0.5) is 0 Å². The van der Waals surface area contributed by atoms with Crippen LogP contribution in [-0.2, 0) is 42.7 Å². The zero-order chi connectivity index (χ0) is 57.5. The molecular formula is C53H86O25. The fourth-order valence-corrected chi connectivity index (χ4v) is 16.6. The first-order valence-electron chi connectivity index (χ1n) is 27.5. The molecule has 0 spiro atoms. The van der Waals surface area contributed by atoms with Gasteiger partial charge in [-0.3, -0.25) is 4.79 Å². The minimum absolute atomic E-state index is 0.0702. The molecule has 4 heterocycles. The van der Waals surface area contributed by atoms with Crippen molar-refractivity contribution in [2.24, 2.45) is 50.2 Å². The second kappa shape index (κ2) is 21.4. The SMILES string of the molecule is C[C@@H]1O[C@@H](O[C@@H]2[C@@H](O)[C@H](O[C@H]3CC[C@]4(C)[C@H]5CC=C6[C@@H]7[C@H](O)C(C)(C)[C@@H](O)[C@H](O[C@@H]8O[C@H](CO)[C@@H](O)[C@H](O[C@@H]9O[C@@H](CO)[C@H](O)[C@H]9O)[C@H]8O)[C@]7(C(=O)O)C[C@H](O)[C@@]6(C)[C@]5(C)CC[C@H]4C3(C)C)O[C@H](CO)[C@H]2O)[C@@H](O)[C@H](O)[C@H]1O. The molecule has 0 unspecified atom stereocenters. The number of aliphatic hydroxyl groups excluding tert-OH is 15. The number of hydrogen-bond acceptors (Lipinski definition) is 24. The van der Waals surface area contributed by atoms with E-state index in [1.165, 1.54) is 6.92 Å². The van der Waals surface area contributed by atoms with E-state index in [0.29, 0.717) is 37.7 Å². The van der Waals surface area contributed by atoms with Gasteiger partial charge in [0, 0.05) is 16.7 Å². The summed E-state index contributed by atoms with van der Waals surface area (Å²) in [7, 11) is 0. The normalized spacial score (nSPS) is 55.7. The first-order valence-corrected chi connectivity index (χ1v) is 27.5. The first-order chi connectivity index (χ1) is 36.4. The summed E-state index contributed by atoms with van der Waals surface area (Å²) in [6.07, 6.45) is -33.9. The molecule has 0 aromatic carbocycles. The molecule has 4 saturated heterocycles. The number of carbonyl (C=O) groups is 1. The van der Waals surface area contributed by atoms with Crippen molar-refractivity contribution in [1.82, 2.24) is 0 Å². The van der Waals surface area contributed by atoms with Crippen molar-refractivity contribution < 1.29 is 124 Å². The van der Waals surface area contributed by atoms with Crippen molar-refractivity contribution in [3.8, 4) is 0 Å². The standard InChI is InChI=1S/C53H86O25/c1-19-29(58)33(62)35(64)43(71-19)76-38-31(60)22(17-55)73-45(36(38)65)75-27-12-13-50(6)24(48(27,2)3)11-14-51(7)25(50)10-9-20-28-40(67)49(4,5)41(68)42(53(28,47(69)70)15-26(57)52(20,51)8)78-46-37(66)39(32(61)23(18-56)74-46)77-44-34(63)30(59)21(16-54)72-44/h9,19,21-46,54-68H,10-18H2,1-8H3,(H,69,70)/t19-,21-,22+,23+,24-,25+,26-,27-,28+,29-,30-,31+,32+,33+,34+,35-,36+,37+,38-,39-,40-,41-,42-,43-,44-,45-,46-,50-,51+,52-,53-/m0/s1. The molecule has 78 heavy (non-hydrogen) atoms. The predicted octanol–water partition coefficient (Wildman–Crippen LogP) is -3.92. The van der Waals surface area contributed by atoms with Gasteiger partial charge in [-0.1, -0.05) is 60.1 Å². The Labute approximate surface area is 452 Å². The van der Waals surface area contributed by atoms with Crippen LogP contribution in [0.5, 0.6) is 0 Å². The monoisotopic (exact) mass is 1120 g/mol. The van der Waals surface area contributed by atoms with E-state index < -0.39 is 218 Å². The largest absolute Gasteiger partial charge is 0.481 e. The van der Waals surface area contributed by atoms with E-state index in [9.17, 15) is 86.5 Å². The van der Waals surface area contributed by atoms with E-state index in [-0.39, 0.29) is 11.8 Å². The Morgan fingerprint density at radius 3 is 1.59 bits per heavy atom. The third-order valence-electron chi connectivity index (χ3n) is 21.6. The number of ether oxygens (including phenoxy) is 8. The van der Waals surface area contributed by atoms with Crippen LogP contribution in [0.2, 0.25) is 0 Å². The van der Waals surface area contributed by atoms with Crippen LogP contribution in [-0.4, -0.2) is 255 Å². The lowest BCUT2D eigenvalue weighted by Crippen LogP contribution is -2.76. The Bertz CT molecular complexity index is 2190. The van der Waals surface area contributed by atoms with Crippen molar-refractivity contribution in [3.05, 3.63) is 11.6 Å². The average molecular weight is 1120 g/mol. The van der Waals surface area contributed by atoms with Gasteiger partial charge in [-0.05, 0) is 73.5 Å². The molecule has 448 valence electrons. The van der Waals surface area contributed by atoms with Gasteiger partial charge in [0.2, 0.25) is 0 Å². The number of aliphatic carboxylic acids is 1. The minimum atomic E-state index is -2.31. The van der Waals surface area contributed by atoms with Crippen molar-refractivity contribution in [2.45, 2.75) is 241 Å². The summed E-state index contributed by atoms with van der Waals surface area (Å²) in [6.45, 7) is 12.6. The molecular weight excluding hydrogens is 1040 g/mol. The Morgan fingerprint density at radius 2 is 1.06 bits per heavy atom. The van der Waals surface area contributed by atoms with Gasteiger partial charge in [0.15, 0.2) is 25.2 Å². The van der Waals surface area contributed by atoms with Crippen molar-refractivity contribution in [1.29, 1.82) is 0 Å². The highest BCUT2D eigenvalue weighted by Gasteiger charge is 2.77. The zero-order valence-electron chi connectivity index (χ0n) is 45.4. The topological polar surface area (TPSA) is 415 Å². The fraction of sp³-hybridized carbons (Fsp3) is 0.943. The van der Waals surface area contributed by atoms with Crippen LogP contribution < -0.4 is 0 Å². The fourth-order valence-electron chi connectivity index (χ4n) is 16.6. The van der Waals surface area contributed by atoms with E-state index in [2.05, 4.69) is 27.7 Å². The Kier molecular flexibility index (Phi) is 16.7. The third kappa shape index (κ3) is 8.94. The molecule has 25 nitrogen and oxygen atoms in total. The van der Waals surface area contributed by atoms with Crippen molar-refractivity contribution in [3.63, 3.8) is 0 Å². The molecule has 31 atom stereocenters. The molecule has 5 aliphatic carbocycles. The lowest BCUT2D eigenvalue weighted by Gasteiger charge is -2.73. The van der Waals surface area contributed by atoms with Gasteiger partial charge >= 0.3 is 5.97 Å². The maximum Gasteiger partial charge on any atom is 0.313 e. The van der Waals surface area contributed by atoms with Gasteiger partial charge in [0.25, 0.3) is 0 Å². The van der Waals surface area contributed by atoms with Gasteiger partial charge in [-0.2, -0.15) is 0 Å². The quantitative estimate of drug-likeness (QED) is 0.0656. The van der Waals surface area contributed by atoms with Crippen molar-refractivity contribution >= 4 is 5.97 Å². The highest BCUT2D eigenvalue weighted by atomic mass is 16.8. The third-order valence-corrected chi connectivity index (χ3v) is 21.6. The summed E-state index contributed by atoms with van der Waals surface area (Å²) in [5, 5.41) is 178. The molecule has 0 aromatic rings. The van der Waals surface area contributed by atoms with E-state index in [1.54, 1.807) is 13.8 Å². The van der Waals surface area contributed by atoms with Gasteiger partial charge < -0.3 is 120 Å². The van der Waals surface area contributed by atoms with Gasteiger partial charge in [0.05, 0.1) is 50.3 Å². The van der Waals surface area contributed by atoms with Gasteiger partial charge in [-0.25, -0.2) is 0 Å². The lowest BCUT2D eigenvalue weighted by atomic mass is 9.32. The molecule has 9 aliphatic rings. The number of rotatable bonds is 12. The number of hydrogen-bond donors (Lipinski definition) is 16. The predicted molar refractivity (Wildman–Crippen MR) is 261 cm³/mol. The second-order valence-corrected chi connectivity index (χ2v) is 26.0. The molecule has 0 amide bonds. The average Bonchev–Trinajstić information content (AvgIpc) is 3.79. The van der Waals surface area contributed by atoms with Crippen LogP contribution in [0.3, 0.4) is 0 Å². The molecule has 9 rings (SSSR count). The van der Waals surface area contributed by atoms with Gasteiger partial charge in [0.1, 0.15) is 97.0 Å². The first kappa shape index (κ1) is 60.9. The highest BCUT2D eigenvalue weighted by molar-refractivity contribution is 5.78. The number of fused-ring (bicyclic) bond motifs is 7.